The van der Waals surface area contributed by atoms with E-state index in [1.165, 1.54) is 25.0 Å². The second kappa shape index (κ2) is 4.47. The quantitative estimate of drug-likeness (QED) is 0.807. The number of thioether (sulfide) groups is 1. The molecule has 0 bridgehead atoms. The van der Waals surface area contributed by atoms with E-state index < -0.39 is 0 Å². The molecule has 2 aliphatic heterocycles. The molecule has 3 fully saturated rings. The van der Waals surface area contributed by atoms with Crippen molar-refractivity contribution in [3.63, 3.8) is 0 Å². The van der Waals surface area contributed by atoms with Crippen LogP contribution in [0.25, 0.3) is 0 Å². The topological polar surface area (TPSA) is 32.3 Å². The second-order valence-electron chi connectivity index (χ2n) is 5.84. The Morgan fingerprint density at radius 3 is 2.82 bits per heavy atom. The SMILES string of the molecule is CN(C(=O)C1CC12CCNCC2)C1CCSC1. The van der Waals surface area contributed by atoms with Crippen LogP contribution in [-0.2, 0) is 4.79 Å². The van der Waals surface area contributed by atoms with Gasteiger partial charge in [0.15, 0.2) is 0 Å². The fourth-order valence-electron chi connectivity index (χ4n) is 3.43. The first kappa shape index (κ1) is 11.8. The van der Waals surface area contributed by atoms with E-state index in [-0.39, 0.29) is 0 Å². The molecule has 1 amide bonds. The average molecular weight is 254 g/mol. The van der Waals surface area contributed by atoms with E-state index in [0.717, 1.165) is 25.3 Å². The first-order valence-corrected chi connectivity index (χ1v) is 7.94. The molecule has 1 saturated carbocycles. The van der Waals surface area contributed by atoms with Crippen molar-refractivity contribution in [1.29, 1.82) is 0 Å². The van der Waals surface area contributed by atoms with Gasteiger partial charge in [-0.05, 0) is 49.9 Å². The molecule has 2 saturated heterocycles. The van der Waals surface area contributed by atoms with Gasteiger partial charge in [0.2, 0.25) is 5.91 Å². The molecule has 1 spiro atoms. The van der Waals surface area contributed by atoms with Crippen molar-refractivity contribution in [3.8, 4) is 0 Å². The Bertz CT molecular complexity index is 309. The van der Waals surface area contributed by atoms with E-state index in [9.17, 15) is 4.79 Å². The van der Waals surface area contributed by atoms with Crippen molar-refractivity contribution in [2.24, 2.45) is 11.3 Å². The van der Waals surface area contributed by atoms with Crippen molar-refractivity contribution < 1.29 is 4.79 Å². The van der Waals surface area contributed by atoms with Crippen LogP contribution < -0.4 is 5.32 Å². The highest BCUT2D eigenvalue weighted by Crippen LogP contribution is 2.59. The number of nitrogens with zero attached hydrogens (tertiary/aromatic N) is 1. The van der Waals surface area contributed by atoms with Crippen LogP contribution in [0.1, 0.15) is 25.7 Å². The van der Waals surface area contributed by atoms with E-state index in [1.54, 1.807) is 0 Å². The summed E-state index contributed by atoms with van der Waals surface area (Å²) in [6.45, 7) is 2.21. The number of nitrogens with one attached hydrogen (secondary N) is 1. The van der Waals surface area contributed by atoms with Crippen LogP contribution in [-0.4, -0.2) is 48.5 Å². The Morgan fingerprint density at radius 2 is 2.18 bits per heavy atom. The van der Waals surface area contributed by atoms with Crippen molar-refractivity contribution in [3.05, 3.63) is 0 Å². The summed E-state index contributed by atoms with van der Waals surface area (Å²) in [5.74, 6) is 3.14. The highest BCUT2D eigenvalue weighted by molar-refractivity contribution is 7.99. The molecule has 0 radical (unpaired) electrons. The molecule has 2 heterocycles. The van der Waals surface area contributed by atoms with Gasteiger partial charge in [-0.1, -0.05) is 0 Å². The van der Waals surface area contributed by atoms with E-state index in [4.69, 9.17) is 0 Å². The van der Waals surface area contributed by atoms with Crippen LogP contribution in [0.4, 0.5) is 0 Å². The average Bonchev–Trinajstić information content (AvgIpc) is 2.83. The minimum Gasteiger partial charge on any atom is -0.342 e. The predicted molar refractivity (Wildman–Crippen MR) is 71.1 cm³/mol. The summed E-state index contributed by atoms with van der Waals surface area (Å²) < 4.78 is 0. The molecule has 2 atom stereocenters. The predicted octanol–water partition coefficient (Wildman–Crippen LogP) is 1.34. The van der Waals surface area contributed by atoms with Gasteiger partial charge in [-0.3, -0.25) is 4.79 Å². The lowest BCUT2D eigenvalue weighted by atomic mass is 9.91. The highest BCUT2D eigenvalue weighted by Gasteiger charge is 2.58. The van der Waals surface area contributed by atoms with Crippen LogP contribution in [0.3, 0.4) is 0 Å². The summed E-state index contributed by atoms with van der Waals surface area (Å²) in [5.41, 5.74) is 0.391. The molecule has 1 N–H and O–H groups in total. The molecular weight excluding hydrogens is 232 g/mol. The third-order valence-corrected chi connectivity index (χ3v) is 6.03. The number of piperidine rings is 1. The van der Waals surface area contributed by atoms with E-state index in [1.807, 2.05) is 18.8 Å². The number of carbonyl (C=O) groups is 1. The number of amides is 1. The molecule has 1 aliphatic carbocycles. The zero-order valence-corrected chi connectivity index (χ0v) is 11.4. The lowest BCUT2D eigenvalue weighted by Gasteiger charge is -2.27. The fourth-order valence-corrected chi connectivity index (χ4v) is 4.70. The molecule has 17 heavy (non-hydrogen) atoms. The standard InChI is InChI=1S/C13H22N2OS/c1-15(10-2-7-17-9-10)12(16)11-8-13(11)3-5-14-6-4-13/h10-11,14H,2-9H2,1H3. The lowest BCUT2D eigenvalue weighted by Crippen LogP contribution is -2.40. The second-order valence-corrected chi connectivity index (χ2v) is 6.99. The van der Waals surface area contributed by atoms with Crippen LogP contribution in [0.2, 0.25) is 0 Å². The molecule has 0 aromatic carbocycles. The Morgan fingerprint density at radius 1 is 1.41 bits per heavy atom. The zero-order chi connectivity index (χ0) is 11.9. The Balaban J connectivity index is 1.60. The monoisotopic (exact) mass is 254 g/mol. The van der Waals surface area contributed by atoms with Gasteiger partial charge in [-0.25, -0.2) is 0 Å². The summed E-state index contributed by atoms with van der Waals surface area (Å²) in [6.07, 6.45) is 4.75. The molecule has 0 aromatic rings. The van der Waals surface area contributed by atoms with Gasteiger partial charge < -0.3 is 10.2 Å². The van der Waals surface area contributed by atoms with Gasteiger partial charge >= 0.3 is 0 Å². The van der Waals surface area contributed by atoms with Crippen LogP contribution in [0.15, 0.2) is 0 Å². The molecule has 96 valence electrons. The zero-order valence-electron chi connectivity index (χ0n) is 10.6. The molecule has 3 aliphatic rings. The minimum absolute atomic E-state index is 0.347. The first-order valence-electron chi connectivity index (χ1n) is 6.78. The Labute approximate surface area is 108 Å². The van der Waals surface area contributed by atoms with Crippen molar-refractivity contribution in [1.82, 2.24) is 10.2 Å². The largest absolute Gasteiger partial charge is 0.342 e. The van der Waals surface area contributed by atoms with Crippen molar-refractivity contribution in [2.45, 2.75) is 31.7 Å². The van der Waals surface area contributed by atoms with Gasteiger partial charge in [0.05, 0.1) is 0 Å². The molecule has 3 rings (SSSR count). The van der Waals surface area contributed by atoms with Crippen LogP contribution in [0, 0.1) is 11.3 Å². The van der Waals surface area contributed by atoms with E-state index >= 15 is 0 Å². The van der Waals surface area contributed by atoms with Gasteiger partial charge in [-0.2, -0.15) is 11.8 Å². The number of hydrogen-bond donors (Lipinski definition) is 1. The third-order valence-electron chi connectivity index (χ3n) is 4.89. The van der Waals surface area contributed by atoms with Crippen molar-refractivity contribution >= 4 is 17.7 Å². The summed E-state index contributed by atoms with van der Waals surface area (Å²) in [4.78, 5) is 14.5. The highest BCUT2D eigenvalue weighted by atomic mass is 32.2. The first-order chi connectivity index (χ1) is 8.23. The number of rotatable bonds is 2. The summed E-state index contributed by atoms with van der Waals surface area (Å²) in [6, 6.07) is 0.506. The summed E-state index contributed by atoms with van der Waals surface area (Å²) >= 11 is 1.98. The lowest BCUT2D eigenvalue weighted by molar-refractivity contribution is -0.134. The minimum atomic E-state index is 0.347. The van der Waals surface area contributed by atoms with Crippen LogP contribution in [0.5, 0.6) is 0 Å². The Kier molecular flexibility index (Phi) is 3.11. The van der Waals surface area contributed by atoms with Gasteiger partial charge in [0.25, 0.3) is 0 Å². The molecular formula is C13H22N2OS. The maximum absolute atomic E-state index is 12.5. The Hall–Kier alpha value is -0.220. The molecule has 4 heteroatoms. The smallest absolute Gasteiger partial charge is 0.226 e. The number of hydrogen-bond acceptors (Lipinski definition) is 3. The van der Waals surface area contributed by atoms with Crippen molar-refractivity contribution in [2.75, 3.05) is 31.6 Å². The molecule has 2 unspecified atom stereocenters. The molecule has 3 nitrogen and oxygen atoms in total. The van der Waals surface area contributed by atoms with Gasteiger partial charge in [-0.15, -0.1) is 0 Å². The summed E-state index contributed by atoms with van der Waals surface area (Å²) in [5, 5.41) is 3.40. The fraction of sp³-hybridized carbons (Fsp3) is 0.923. The van der Waals surface area contributed by atoms with E-state index in [0.29, 0.717) is 23.3 Å². The van der Waals surface area contributed by atoms with Gasteiger partial charge in [0.1, 0.15) is 0 Å². The van der Waals surface area contributed by atoms with Crippen LogP contribution >= 0.6 is 11.8 Å². The normalized spacial score (nSPS) is 34.9. The van der Waals surface area contributed by atoms with Gasteiger partial charge in [0, 0.05) is 24.8 Å². The maximum Gasteiger partial charge on any atom is 0.226 e. The summed E-state index contributed by atoms with van der Waals surface area (Å²) in [7, 11) is 2.02. The maximum atomic E-state index is 12.5. The molecule has 0 aromatic heterocycles. The number of carbonyl (C=O) groups excluding carboxylic acids is 1. The van der Waals surface area contributed by atoms with E-state index in [2.05, 4.69) is 10.2 Å². The third kappa shape index (κ3) is 2.10.